The number of hydrogen-bond acceptors (Lipinski definition) is 7. The number of anilines is 1. The minimum atomic E-state index is -0.996. The largest absolute Gasteiger partial charge is 0.478 e. The van der Waals surface area contributed by atoms with Gasteiger partial charge in [-0.05, 0) is 48.6 Å². The van der Waals surface area contributed by atoms with Crippen molar-refractivity contribution in [2.75, 3.05) is 31.6 Å². The quantitative estimate of drug-likeness (QED) is 0.127. The summed E-state index contributed by atoms with van der Waals surface area (Å²) in [5.41, 5.74) is 3.14. The fraction of sp³-hybridized carbons (Fsp3) is 0.310. The molecule has 0 spiro atoms. The molecule has 0 atom stereocenters. The molecule has 1 amide bonds. The lowest BCUT2D eigenvalue weighted by atomic mass is 10.1. The molecule has 9 nitrogen and oxygen atoms in total. The summed E-state index contributed by atoms with van der Waals surface area (Å²) in [5.74, 6) is -0.340. The van der Waals surface area contributed by atoms with E-state index in [1.807, 2.05) is 12.1 Å². The maximum absolute atomic E-state index is 12.2. The highest BCUT2D eigenvalue weighted by molar-refractivity contribution is 6.10. The Morgan fingerprint density at radius 2 is 1.76 bits per heavy atom. The number of carbonyl (C=O) groups excluding carboxylic acids is 1. The van der Waals surface area contributed by atoms with Gasteiger partial charge in [-0.3, -0.25) is 9.78 Å². The summed E-state index contributed by atoms with van der Waals surface area (Å²) in [7, 11) is 0. The van der Waals surface area contributed by atoms with Crippen LogP contribution >= 0.6 is 0 Å². The first-order chi connectivity index (χ1) is 18.5. The number of hydrogen-bond donors (Lipinski definition) is 5. The molecule has 5 N–H and O–H groups in total. The SMILES string of the molecule is O=C(CCNCc1cccc(CCCO)c1)NCCCNc1nc2cc(C(=O)O)ccc2c2cnccc12. The van der Waals surface area contributed by atoms with Crippen LogP contribution < -0.4 is 16.0 Å². The molecule has 0 saturated heterocycles. The van der Waals surface area contributed by atoms with Gasteiger partial charge in [0.25, 0.3) is 0 Å². The Hall–Kier alpha value is -4.08. The Kier molecular flexibility index (Phi) is 9.55. The molecule has 0 aliphatic rings. The second kappa shape index (κ2) is 13.5. The van der Waals surface area contributed by atoms with Crippen LogP contribution in [0.2, 0.25) is 0 Å². The highest BCUT2D eigenvalue weighted by atomic mass is 16.4. The van der Waals surface area contributed by atoms with Gasteiger partial charge in [0.15, 0.2) is 0 Å². The molecule has 2 heterocycles. The van der Waals surface area contributed by atoms with Crippen molar-refractivity contribution in [3.05, 3.63) is 77.6 Å². The third kappa shape index (κ3) is 7.24. The van der Waals surface area contributed by atoms with Crippen molar-refractivity contribution in [3.8, 4) is 0 Å². The van der Waals surface area contributed by atoms with E-state index >= 15 is 0 Å². The summed E-state index contributed by atoms with van der Waals surface area (Å²) in [5, 5.41) is 30.5. The van der Waals surface area contributed by atoms with E-state index < -0.39 is 5.97 Å². The molecule has 0 bridgehead atoms. The van der Waals surface area contributed by atoms with Crippen LogP contribution in [0.15, 0.2) is 60.9 Å². The zero-order valence-corrected chi connectivity index (χ0v) is 21.2. The average Bonchev–Trinajstić information content (AvgIpc) is 2.94. The number of carboxylic acids is 1. The third-order valence-electron chi connectivity index (χ3n) is 6.28. The molecule has 9 heteroatoms. The first-order valence-electron chi connectivity index (χ1n) is 12.9. The number of benzene rings is 2. The summed E-state index contributed by atoms with van der Waals surface area (Å²) in [4.78, 5) is 32.5. The fourth-order valence-electron chi connectivity index (χ4n) is 4.34. The minimum Gasteiger partial charge on any atom is -0.478 e. The van der Waals surface area contributed by atoms with Gasteiger partial charge in [0.05, 0.1) is 11.1 Å². The number of fused-ring (bicyclic) bond motifs is 3. The predicted molar refractivity (Wildman–Crippen MR) is 148 cm³/mol. The lowest BCUT2D eigenvalue weighted by Gasteiger charge is -2.12. The summed E-state index contributed by atoms with van der Waals surface area (Å²) >= 11 is 0. The first-order valence-corrected chi connectivity index (χ1v) is 12.9. The van der Waals surface area contributed by atoms with Crippen molar-refractivity contribution in [1.29, 1.82) is 0 Å². The van der Waals surface area contributed by atoms with Gasteiger partial charge >= 0.3 is 5.97 Å². The van der Waals surface area contributed by atoms with E-state index in [4.69, 9.17) is 5.11 Å². The van der Waals surface area contributed by atoms with Gasteiger partial charge in [-0.1, -0.05) is 30.3 Å². The van der Waals surface area contributed by atoms with E-state index in [-0.39, 0.29) is 18.1 Å². The van der Waals surface area contributed by atoms with Gasteiger partial charge in [-0.15, -0.1) is 0 Å². The normalized spacial score (nSPS) is 11.1. The van der Waals surface area contributed by atoms with E-state index in [0.717, 1.165) is 34.6 Å². The topological polar surface area (TPSA) is 136 Å². The molecule has 0 unspecified atom stereocenters. The third-order valence-corrected chi connectivity index (χ3v) is 6.28. The molecular formula is C29H33N5O4. The molecule has 0 aliphatic carbocycles. The van der Waals surface area contributed by atoms with Gasteiger partial charge in [0.1, 0.15) is 5.82 Å². The van der Waals surface area contributed by atoms with Gasteiger partial charge in [0.2, 0.25) is 5.91 Å². The Morgan fingerprint density at radius 3 is 2.61 bits per heavy atom. The zero-order valence-electron chi connectivity index (χ0n) is 21.2. The summed E-state index contributed by atoms with van der Waals surface area (Å²) in [6.07, 6.45) is 6.18. The van der Waals surface area contributed by atoms with Gasteiger partial charge < -0.3 is 26.2 Å². The number of aryl methyl sites for hydroxylation is 1. The minimum absolute atomic E-state index is 0.00393. The van der Waals surface area contributed by atoms with Gasteiger partial charge in [-0.2, -0.15) is 0 Å². The van der Waals surface area contributed by atoms with Crippen LogP contribution in [0.1, 0.15) is 40.7 Å². The van der Waals surface area contributed by atoms with Crippen molar-refractivity contribution < 1.29 is 19.8 Å². The molecule has 0 radical (unpaired) electrons. The van der Waals surface area contributed by atoms with Crippen LogP contribution in [-0.4, -0.2) is 58.3 Å². The molecular weight excluding hydrogens is 482 g/mol. The number of nitrogens with one attached hydrogen (secondary N) is 3. The Morgan fingerprint density at radius 1 is 0.895 bits per heavy atom. The summed E-state index contributed by atoms with van der Waals surface area (Å²) < 4.78 is 0. The highest BCUT2D eigenvalue weighted by Gasteiger charge is 2.11. The fourth-order valence-corrected chi connectivity index (χ4v) is 4.34. The number of aliphatic hydroxyl groups is 1. The molecule has 0 aliphatic heterocycles. The molecule has 4 rings (SSSR count). The van der Waals surface area contributed by atoms with Crippen molar-refractivity contribution in [2.24, 2.45) is 0 Å². The molecule has 2 aromatic heterocycles. The van der Waals surface area contributed by atoms with Gasteiger partial charge in [0, 0.05) is 67.8 Å². The van der Waals surface area contributed by atoms with Crippen LogP contribution in [0.3, 0.4) is 0 Å². The number of aliphatic hydroxyl groups excluding tert-OH is 1. The number of carbonyl (C=O) groups is 2. The average molecular weight is 516 g/mol. The van der Waals surface area contributed by atoms with Crippen molar-refractivity contribution in [3.63, 3.8) is 0 Å². The number of carboxylic acid groups (broad SMARTS) is 1. The van der Waals surface area contributed by atoms with Crippen LogP contribution in [0.5, 0.6) is 0 Å². The molecule has 0 fully saturated rings. The van der Waals surface area contributed by atoms with Crippen LogP contribution in [0, 0.1) is 0 Å². The molecule has 38 heavy (non-hydrogen) atoms. The van der Waals surface area contributed by atoms with Crippen LogP contribution in [0.4, 0.5) is 5.82 Å². The predicted octanol–water partition coefficient (Wildman–Crippen LogP) is 3.50. The zero-order chi connectivity index (χ0) is 26.7. The van der Waals surface area contributed by atoms with E-state index in [0.29, 0.717) is 50.4 Å². The smallest absolute Gasteiger partial charge is 0.335 e. The second-order valence-electron chi connectivity index (χ2n) is 9.12. The van der Waals surface area contributed by atoms with Crippen molar-refractivity contribution >= 4 is 39.4 Å². The maximum Gasteiger partial charge on any atom is 0.335 e. The Labute approximate surface area is 221 Å². The number of pyridine rings is 2. The first kappa shape index (κ1) is 27.0. The number of rotatable bonds is 14. The second-order valence-corrected chi connectivity index (χ2v) is 9.12. The standard InChI is InChI=1S/C29H33N5O4/c35-15-2-6-20-4-1-5-21(16-20)18-30-14-10-27(36)32-11-3-12-33-28-24-9-13-31-19-25(24)23-8-7-22(29(37)38)17-26(23)34-28/h1,4-5,7-9,13,16-17,19,30,35H,2-3,6,10-12,14-15,18H2,(H,32,36)(H,33,34)(H,37,38). The van der Waals surface area contributed by atoms with E-state index in [9.17, 15) is 14.7 Å². The number of aromatic nitrogens is 2. The summed E-state index contributed by atoms with van der Waals surface area (Å²) in [6, 6.07) is 15.1. The number of aromatic carboxylic acids is 1. The lowest BCUT2D eigenvalue weighted by Crippen LogP contribution is -2.29. The Balaban J connectivity index is 1.21. The highest BCUT2D eigenvalue weighted by Crippen LogP contribution is 2.29. The number of amides is 1. The number of nitrogens with zero attached hydrogens (tertiary/aromatic N) is 2. The van der Waals surface area contributed by atoms with E-state index in [2.05, 4.69) is 44.1 Å². The Bertz CT molecular complexity index is 1410. The van der Waals surface area contributed by atoms with Crippen molar-refractivity contribution in [2.45, 2.75) is 32.2 Å². The molecule has 0 saturated carbocycles. The molecule has 2 aromatic carbocycles. The monoisotopic (exact) mass is 515 g/mol. The van der Waals surface area contributed by atoms with Crippen LogP contribution in [0.25, 0.3) is 21.7 Å². The van der Waals surface area contributed by atoms with E-state index in [1.54, 1.807) is 30.6 Å². The van der Waals surface area contributed by atoms with Crippen molar-refractivity contribution in [1.82, 2.24) is 20.6 Å². The van der Waals surface area contributed by atoms with Gasteiger partial charge in [-0.25, -0.2) is 9.78 Å². The molecule has 198 valence electrons. The summed E-state index contributed by atoms with van der Waals surface area (Å²) in [6.45, 7) is 2.61. The lowest BCUT2D eigenvalue weighted by molar-refractivity contribution is -0.121. The molecule has 4 aromatic rings. The maximum atomic E-state index is 12.2. The van der Waals surface area contributed by atoms with E-state index in [1.165, 1.54) is 5.56 Å². The van der Waals surface area contributed by atoms with Crippen LogP contribution in [-0.2, 0) is 17.8 Å².